The smallest absolute Gasteiger partial charge is 0.416 e. The van der Waals surface area contributed by atoms with Crippen LogP contribution in [0.25, 0.3) is 6.08 Å². The Balaban J connectivity index is 0.000000226. The number of rotatable bonds is 27. The second-order valence-electron chi connectivity index (χ2n) is 27.6. The molecular weight excluding hydrogens is 1590 g/mol. The quantitative estimate of drug-likeness (QED) is 0.0249. The first-order valence-corrected chi connectivity index (χ1v) is 40.5. The van der Waals surface area contributed by atoms with Gasteiger partial charge < -0.3 is 50.3 Å². The van der Waals surface area contributed by atoms with E-state index in [1.807, 2.05) is 167 Å². The summed E-state index contributed by atoms with van der Waals surface area (Å²) in [6.45, 7) is 35.4. The van der Waals surface area contributed by atoms with E-state index >= 15 is 0 Å². The third kappa shape index (κ3) is 31.7. The largest absolute Gasteiger partial charge is 0.489 e. The predicted octanol–water partition coefficient (Wildman–Crippen LogP) is 28.6. The summed E-state index contributed by atoms with van der Waals surface area (Å²) in [6, 6.07) is 54.5. The molecule has 0 aromatic heterocycles. The Hall–Kier alpha value is -9.74. The van der Waals surface area contributed by atoms with Gasteiger partial charge in [-0.3, -0.25) is 0 Å². The fourth-order valence-corrected chi connectivity index (χ4v) is 12.0. The van der Waals surface area contributed by atoms with Crippen LogP contribution in [0.1, 0.15) is 173 Å². The Morgan fingerprint density at radius 3 is 0.991 bits per heavy atom. The molecule has 0 fully saturated rings. The highest BCUT2D eigenvalue weighted by Crippen LogP contribution is 2.35. The normalized spacial score (nSPS) is 10.6. The second kappa shape index (κ2) is 47.5. The van der Waals surface area contributed by atoms with Crippen molar-refractivity contribution in [2.75, 3.05) is 26.6 Å². The number of hydrogen-bond acceptors (Lipinski definition) is 10. The first kappa shape index (κ1) is 95.1. The van der Waals surface area contributed by atoms with Crippen LogP contribution in [0.2, 0.25) is 5.02 Å². The number of benzene rings is 10. The molecule has 0 spiro atoms. The standard InChI is InChI=1S/C20H23NOS.C19H20F3NOS.C19H21F2NOS.C18H20ClNOS.C18H20FNOS/c1-5-16-8-9-17(18(12-16)21-20(23)6-2)13-22-19-10-7-14(3)11-15(19)4;1-4-18(25)23-16-7-6-15(19(20,21)22)10-14(16)11-24-17-8-5-12(2)9-13(17)3;1-4-18(24)22-16-7-6-14(19(20)21)10-15(16)11-23-17-8-5-12(2)9-13(17)3;2*1-4-18(22)20-16-10-15(19)7-6-14(16)11-21-17-8-5-12(2)9-13(17)3/h5,7-12H,1,6,13H2,2-4H3,(H,21,23);5-10H,4,11H2,1-3H3,(H,23,25);5-10,19H,4,11H2,1-3H3,(H,22,24);2*5-10H,4,11H2,1-3H3,(H,20,22). The monoisotopic (exact) mass is 1690 g/mol. The number of anilines is 5. The van der Waals surface area contributed by atoms with Crippen LogP contribution in [-0.2, 0) is 39.2 Å². The summed E-state index contributed by atoms with van der Waals surface area (Å²) in [5, 5.41) is 16.4. The van der Waals surface area contributed by atoms with E-state index < -0.39 is 18.2 Å². The molecule has 0 radical (unpaired) electrons. The average molecular weight is 1690 g/mol. The molecule has 0 aliphatic heterocycles. The maximum Gasteiger partial charge on any atom is 0.416 e. The summed E-state index contributed by atoms with van der Waals surface area (Å²) in [7, 11) is 0. The van der Waals surface area contributed by atoms with Crippen molar-refractivity contribution < 1.29 is 50.0 Å². The zero-order chi connectivity index (χ0) is 85.3. The summed E-state index contributed by atoms with van der Waals surface area (Å²) < 4.78 is 108. The van der Waals surface area contributed by atoms with E-state index in [2.05, 4.69) is 103 Å². The van der Waals surface area contributed by atoms with Crippen molar-refractivity contribution in [2.24, 2.45) is 0 Å². The SMILES string of the molecule is C=Cc1ccc(COc2ccc(C)cc2C)c(NC(=S)CC)c1.CCC(=S)Nc1cc(Cl)ccc1COc1ccc(C)cc1C.CCC(=S)Nc1cc(F)ccc1COc1ccc(C)cc1C.CCC(=S)Nc1ccc(C(F)(F)F)cc1COc1ccc(C)cc1C.CCC(=S)Nc1ccc(C(F)F)cc1COc1ccc(C)cc1C. The van der Waals surface area contributed by atoms with Crippen LogP contribution in [-0.4, -0.2) is 24.9 Å². The minimum absolute atomic E-state index is 0.0164. The van der Waals surface area contributed by atoms with Crippen molar-refractivity contribution >= 4 is 132 Å². The lowest BCUT2D eigenvalue weighted by molar-refractivity contribution is -0.137. The highest BCUT2D eigenvalue weighted by atomic mass is 35.5. The van der Waals surface area contributed by atoms with E-state index in [0.29, 0.717) is 93.0 Å². The van der Waals surface area contributed by atoms with Gasteiger partial charge in [-0.2, -0.15) is 13.2 Å². The highest BCUT2D eigenvalue weighted by molar-refractivity contribution is 7.81. The summed E-state index contributed by atoms with van der Waals surface area (Å²) in [5.41, 5.74) is 19.4. The van der Waals surface area contributed by atoms with Gasteiger partial charge in [0.1, 0.15) is 67.6 Å². The average Bonchev–Trinajstić information content (AvgIpc) is 0.827. The Bertz CT molecular complexity index is 4920. The van der Waals surface area contributed by atoms with Crippen molar-refractivity contribution in [2.45, 2.75) is 182 Å². The van der Waals surface area contributed by atoms with E-state index in [9.17, 15) is 26.3 Å². The molecule has 116 heavy (non-hydrogen) atoms. The van der Waals surface area contributed by atoms with Gasteiger partial charge in [0, 0.05) is 66.8 Å². The molecule has 10 nitrogen and oxygen atoms in total. The molecule has 0 saturated heterocycles. The van der Waals surface area contributed by atoms with Crippen molar-refractivity contribution in [3.05, 3.63) is 300 Å². The fraction of sp³-hybridized carbons (Fsp3) is 0.287. The van der Waals surface area contributed by atoms with Crippen LogP contribution >= 0.6 is 72.7 Å². The number of ether oxygens (including phenoxy) is 5. The van der Waals surface area contributed by atoms with Gasteiger partial charge in [0.05, 0.1) is 30.5 Å². The van der Waals surface area contributed by atoms with Gasteiger partial charge in [-0.05, 0) is 226 Å². The zero-order valence-corrected chi connectivity index (χ0v) is 73.3. The van der Waals surface area contributed by atoms with Gasteiger partial charge >= 0.3 is 6.18 Å². The summed E-state index contributed by atoms with van der Waals surface area (Å²) in [6.07, 6.45) is -1.49. The lowest BCUT2D eigenvalue weighted by atomic mass is 10.1. The molecule has 10 aromatic rings. The van der Waals surface area contributed by atoms with Crippen LogP contribution in [0, 0.1) is 75.1 Å². The van der Waals surface area contributed by atoms with E-state index in [0.717, 1.165) is 131 Å². The molecule has 0 aliphatic rings. The Morgan fingerprint density at radius 1 is 0.362 bits per heavy atom. The van der Waals surface area contributed by atoms with Crippen molar-refractivity contribution in [1.29, 1.82) is 0 Å². The third-order valence-electron chi connectivity index (χ3n) is 17.9. The van der Waals surface area contributed by atoms with Gasteiger partial charge in [0.25, 0.3) is 6.43 Å². The van der Waals surface area contributed by atoms with Crippen molar-refractivity contribution in [3.8, 4) is 28.7 Å². The summed E-state index contributed by atoms with van der Waals surface area (Å²) in [5.74, 6) is 3.73. The number of alkyl halides is 5. The van der Waals surface area contributed by atoms with Gasteiger partial charge in [0.15, 0.2) is 0 Å². The van der Waals surface area contributed by atoms with E-state index in [-0.39, 0.29) is 24.6 Å². The molecule has 614 valence electrons. The lowest BCUT2D eigenvalue weighted by Gasteiger charge is -2.16. The number of halogens is 7. The molecule has 0 atom stereocenters. The number of aryl methyl sites for hydroxylation is 10. The summed E-state index contributed by atoms with van der Waals surface area (Å²) >= 11 is 32.2. The zero-order valence-electron chi connectivity index (χ0n) is 68.5. The van der Waals surface area contributed by atoms with Crippen molar-refractivity contribution in [1.82, 2.24) is 0 Å². The molecule has 0 amide bonds. The maximum absolute atomic E-state index is 13.4. The molecule has 22 heteroatoms. The molecule has 0 aliphatic carbocycles. The molecule has 10 aromatic carbocycles. The third-order valence-corrected chi connectivity index (χ3v) is 20.1. The van der Waals surface area contributed by atoms with Crippen LogP contribution in [0.3, 0.4) is 0 Å². The Labute approximate surface area is 713 Å². The summed E-state index contributed by atoms with van der Waals surface area (Å²) in [4.78, 5) is 3.51. The van der Waals surface area contributed by atoms with Crippen LogP contribution in [0.4, 0.5) is 54.8 Å². The molecule has 0 bridgehead atoms. The van der Waals surface area contributed by atoms with E-state index in [1.165, 1.54) is 47.0 Å². The molecule has 0 unspecified atom stereocenters. The lowest BCUT2D eigenvalue weighted by Crippen LogP contribution is -2.13. The number of thiocarbonyl (C=S) groups is 5. The van der Waals surface area contributed by atoms with Crippen LogP contribution in [0.15, 0.2) is 189 Å². The van der Waals surface area contributed by atoms with E-state index in [1.54, 1.807) is 12.1 Å². The molecule has 5 N–H and O–H groups in total. The van der Waals surface area contributed by atoms with Crippen LogP contribution < -0.4 is 50.3 Å². The first-order chi connectivity index (χ1) is 55.1. The molecule has 10 rings (SSSR count). The minimum Gasteiger partial charge on any atom is -0.489 e. The maximum atomic E-state index is 13.4. The first-order valence-electron chi connectivity index (χ1n) is 38.1. The van der Waals surface area contributed by atoms with E-state index in [4.69, 9.17) is 96.4 Å². The van der Waals surface area contributed by atoms with Crippen LogP contribution in [0.5, 0.6) is 28.7 Å². The number of nitrogens with one attached hydrogen (secondary N) is 5. The fourth-order valence-electron chi connectivity index (χ4n) is 11.3. The predicted molar refractivity (Wildman–Crippen MR) is 491 cm³/mol. The Kier molecular flexibility index (Phi) is 38.9. The molecule has 0 saturated carbocycles. The Morgan fingerprint density at radius 2 is 0.664 bits per heavy atom. The van der Waals surface area contributed by atoms with Crippen molar-refractivity contribution in [3.63, 3.8) is 0 Å². The van der Waals surface area contributed by atoms with Gasteiger partial charge in [-0.1, -0.05) is 239 Å². The van der Waals surface area contributed by atoms with Gasteiger partial charge in [-0.25, -0.2) is 13.2 Å². The minimum atomic E-state index is -4.40. The highest BCUT2D eigenvalue weighted by Gasteiger charge is 2.31. The molecular formula is C94H104ClF6N5O5S5. The number of hydrogen-bond donors (Lipinski definition) is 5. The topological polar surface area (TPSA) is 106 Å². The molecule has 0 heterocycles. The second-order valence-corrected chi connectivity index (χ2v) is 30.5. The van der Waals surface area contributed by atoms with Gasteiger partial charge in [0.2, 0.25) is 0 Å². The van der Waals surface area contributed by atoms with Gasteiger partial charge in [-0.15, -0.1) is 0 Å².